The van der Waals surface area contributed by atoms with E-state index < -0.39 is 12.0 Å². The minimum atomic E-state index is -0.638. The number of aromatic nitrogens is 4. The van der Waals surface area contributed by atoms with E-state index in [2.05, 4.69) is 25.8 Å². The minimum Gasteiger partial charge on any atom is -0.493 e. The molecule has 1 aliphatic heterocycles. The van der Waals surface area contributed by atoms with Crippen molar-refractivity contribution in [3.8, 4) is 11.5 Å². The highest BCUT2D eigenvalue weighted by Crippen LogP contribution is 2.39. The van der Waals surface area contributed by atoms with Gasteiger partial charge in [0.2, 0.25) is 5.91 Å². The van der Waals surface area contributed by atoms with Crippen molar-refractivity contribution in [2.24, 2.45) is 10.9 Å². The first-order valence-corrected chi connectivity index (χ1v) is 11.6. The Labute approximate surface area is 208 Å². The van der Waals surface area contributed by atoms with Crippen LogP contribution in [0.15, 0.2) is 77.8 Å². The summed E-state index contributed by atoms with van der Waals surface area (Å²) < 4.78 is 13.3. The van der Waals surface area contributed by atoms with Gasteiger partial charge in [0.25, 0.3) is 5.95 Å². The molecule has 1 N–H and O–H groups in total. The molecule has 4 aromatic rings. The summed E-state index contributed by atoms with van der Waals surface area (Å²) in [5, 5.41) is 15.0. The van der Waals surface area contributed by atoms with Crippen LogP contribution >= 0.6 is 0 Å². The van der Waals surface area contributed by atoms with E-state index in [1.165, 1.54) is 0 Å². The Morgan fingerprint density at radius 2 is 1.78 bits per heavy atom. The summed E-state index contributed by atoms with van der Waals surface area (Å²) in [6.07, 6.45) is 0. The summed E-state index contributed by atoms with van der Waals surface area (Å²) in [7, 11) is 1.59. The Bertz CT molecular complexity index is 1420. The van der Waals surface area contributed by atoms with Crippen LogP contribution in [0, 0.1) is 12.8 Å². The van der Waals surface area contributed by atoms with Crippen molar-refractivity contribution < 1.29 is 14.3 Å². The molecule has 0 saturated heterocycles. The number of methoxy groups -OCH3 is 1. The summed E-state index contributed by atoms with van der Waals surface area (Å²) >= 11 is 0. The third-order valence-corrected chi connectivity index (χ3v) is 6.23. The molecule has 1 aliphatic rings. The number of anilines is 1. The first-order chi connectivity index (χ1) is 17.5. The summed E-state index contributed by atoms with van der Waals surface area (Å²) in [4.78, 5) is 18.1. The van der Waals surface area contributed by atoms with Gasteiger partial charge in [-0.15, -0.1) is 0 Å². The number of nitrogens with zero attached hydrogens (tertiary/aromatic N) is 5. The largest absolute Gasteiger partial charge is 0.493 e. The van der Waals surface area contributed by atoms with E-state index in [9.17, 15) is 4.79 Å². The van der Waals surface area contributed by atoms with Crippen LogP contribution < -0.4 is 14.8 Å². The van der Waals surface area contributed by atoms with Crippen molar-refractivity contribution in [1.29, 1.82) is 0 Å². The number of nitrogens with one attached hydrogen (secondary N) is 1. The second kappa shape index (κ2) is 9.99. The van der Waals surface area contributed by atoms with Crippen molar-refractivity contribution in [3.63, 3.8) is 0 Å². The van der Waals surface area contributed by atoms with E-state index in [1.807, 2.05) is 86.6 Å². The SMILES string of the molecule is COc1cc(C2C(C(=O)Nc3ccccc3C)C(C)=Nc3nnnn32)ccc1OCc1ccccc1. The molecule has 36 heavy (non-hydrogen) atoms. The lowest BCUT2D eigenvalue weighted by atomic mass is 9.87. The number of carbonyl (C=O) groups is 1. The Hall–Kier alpha value is -4.53. The van der Waals surface area contributed by atoms with E-state index in [0.717, 1.165) is 22.4 Å². The molecule has 0 spiro atoms. The monoisotopic (exact) mass is 482 g/mol. The highest BCUT2D eigenvalue weighted by Gasteiger charge is 2.39. The number of hydrogen-bond donors (Lipinski definition) is 1. The van der Waals surface area contributed by atoms with E-state index >= 15 is 0 Å². The van der Waals surface area contributed by atoms with Gasteiger partial charge < -0.3 is 14.8 Å². The number of hydrogen-bond acceptors (Lipinski definition) is 7. The van der Waals surface area contributed by atoms with E-state index in [4.69, 9.17) is 9.47 Å². The maximum atomic E-state index is 13.6. The standard InChI is InChI=1S/C27H26N6O3/c1-17-9-7-8-12-21(17)29-26(34)24-18(2)28-27-30-31-32-33(27)25(24)20-13-14-22(23(15-20)35-3)36-16-19-10-5-4-6-11-19/h4-15,24-25H,16H2,1-3H3,(H,29,34). The smallest absolute Gasteiger partial charge is 0.269 e. The second-order valence-electron chi connectivity index (χ2n) is 8.59. The van der Waals surface area contributed by atoms with Crippen LogP contribution in [0.5, 0.6) is 11.5 Å². The number of aliphatic imine (C=N–C) groups is 1. The Morgan fingerprint density at radius 1 is 1.00 bits per heavy atom. The average molecular weight is 483 g/mol. The first-order valence-electron chi connectivity index (χ1n) is 11.6. The van der Waals surface area contributed by atoms with E-state index in [0.29, 0.717) is 29.8 Å². The Balaban J connectivity index is 1.48. The number of amides is 1. The molecule has 182 valence electrons. The van der Waals surface area contributed by atoms with Gasteiger partial charge in [-0.25, -0.2) is 9.67 Å². The zero-order valence-electron chi connectivity index (χ0n) is 20.3. The van der Waals surface area contributed by atoms with Crippen molar-refractivity contribution in [2.45, 2.75) is 26.5 Å². The Morgan fingerprint density at radius 3 is 2.56 bits per heavy atom. The van der Waals surface area contributed by atoms with Crippen LogP contribution in [0.2, 0.25) is 0 Å². The number of ether oxygens (including phenoxy) is 2. The molecule has 9 heteroatoms. The highest BCUT2D eigenvalue weighted by atomic mass is 16.5. The van der Waals surface area contributed by atoms with Gasteiger partial charge in [0.05, 0.1) is 13.2 Å². The molecule has 0 radical (unpaired) electrons. The Kier molecular flexibility index (Phi) is 6.44. The lowest BCUT2D eigenvalue weighted by Crippen LogP contribution is -2.39. The molecule has 0 fully saturated rings. The highest BCUT2D eigenvalue weighted by molar-refractivity contribution is 6.10. The van der Waals surface area contributed by atoms with Gasteiger partial charge in [0.15, 0.2) is 11.5 Å². The quantitative estimate of drug-likeness (QED) is 0.415. The predicted molar refractivity (Wildman–Crippen MR) is 136 cm³/mol. The van der Waals surface area contributed by atoms with Crippen LogP contribution in [0.25, 0.3) is 0 Å². The minimum absolute atomic E-state index is 0.194. The van der Waals surface area contributed by atoms with E-state index in [-0.39, 0.29) is 5.91 Å². The van der Waals surface area contributed by atoms with Crippen LogP contribution in [-0.2, 0) is 11.4 Å². The van der Waals surface area contributed by atoms with Gasteiger partial charge in [-0.05, 0) is 59.2 Å². The number of tetrazole rings is 1. The molecule has 2 unspecified atom stereocenters. The molecule has 5 rings (SSSR count). The number of carbonyl (C=O) groups excluding carboxylic acids is 1. The van der Waals surface area contributed by atoms with Crippen molar-refractivity contribution >= 4 is 23.3 Å². The summed E-state index contributed by atoms with van der Waals surface area (Å²) in [5.74, 6) is 0.669. The molecule has 1 aromatic heterocycles. The van der Waals surface area contributed by atoms with Gasteiger partial charge in [0, 0.05) is 11.4 Å². The normalized spacial score (nSPS) is 16.6. The number of benzene rings is 3. The maximum Gasteiger partial charge on any atom is 0.269 e. The molecule has 9 nitrogen and oxygen atoms in total. The molecule has 0 aliphatic carbocycles. The lowest BCUT2D eigenvalue weighted by molar-refractivity contribution is -0.118. The van der Waals surface area contributed by atoms with Crippen molar-refractivity contribution in [2.75, 3.05) is 12.4 Å². The van der Waals surface area contributed by atoms with Crippen LogP contribution in [-0.4, -0.2) is 38.9 Å². The lowest BCUT2D eigenvalue weighted by Gasteiger charge is -2.30. The predicted octanol–water partition coefficient (Wildman–Crippen LogP) is 4.52. The molecule has 3 aromatic carbocycles. The molecule has 2 heterocycles. The number of para-hydroxylation sites is 1. The third kappa shape index (κ3) is 4.55. The molecule has 0 saturated carbocycles. The van der Waals surface area contributed by atoms with Gasteiger partial charge in [-0.3, -0.25) is 4.79 Å². The maximum absolute atomic E-state index is 13.6. The molecule has 1 amide bonds. The fraction of sp³-hybridized carbons (Fsp3) is 0.222. The summed E-state index contributed by atoms with van der Waals surface area (Å²) in [6, 6.07) is 22.7. The number of rotatable bonds is 7. The van der Waals surface area contributed by atoms with Gasteiger partial charge in [0.1, 0.15) is 12.5 Å². The summed E-state index contributed by atoms with van der Waals surface area (Å²) in [5.41, 5.74) is 4.19. The zero-order valence-corrected chi connectivity index (χ0v) is 20.3. The van der Waals surface area contributed by atoms with Crippen LogP contribution in [0.4, 0.5) is 11.6 Å². The fourth-order valence-corrected chi connectivity index (χ4v) is 4.35. The molecule has 0 bridgehead atoms. The molecule has 2 atom stereocenters. The van der Waals surface area contributed by atoms with E-state index in [1.54, 1.807) is 11.8 Å². The molecular weight excluding hydrogens is 456 g/mol. The van der Waals surface area contributed by atoms with Gasteiger partial charge in [-0.2, -0.15) is 0 Å². The molecular formula is C27H26N6O3. The van der Waals surface area contributed by atoms with Crippen molar-refractivity contribution in [3.05, 3.63) is 89.5 Å². The van der Waals surface area contributed by atoms with Crippen LogP contribution in [0.1, 0.15) is 29.7 Å². The second-order valence-corrected chi connectivity index (χ2v) is 8.59. The summed E-state index contributed by atoms with van der Waals surface area (Å²) in [6.45, 7) is 4.18. The topological polar surface area (TPSA) is 104 Å². The number of fused-ring (bicyclic) bond motifs is 1. The average Bonchev–Trinajstić information content (AvgIpc) is 3.36. The number of aryl methyl sites for hydroxylation is 1. The van der Waals surface area contributed by atoms with Crippen LogP contribution in [0.3, 0.4) is 0 Å². The fourth-order valence-electron chi connectivity index (χ4n) is 4.35. The van der Waals surface area contributed by atoms with Crippen molar-refractivity contribution in [1.82, 2.24) is 20.2 Å². The third-order valence-electron chi connectivity index (χ3n) is 6.23. The van der Waals surface area contributed by atoms with Gasteiger partial charge in [-0.1, -0.05) is 59.7 Å². The zero-order chi connectivity index (χ0) is 25.1. The van der Waals surface area contributed by atoms with Gasteiger partial charge >= 0.3 is 0 Å². The first kappa shape index (κ1) is 23.2.